The van der Waals surface area contributed by atoms with Gasteiger partial charge in [-0.05, 0) is 80.3 Å². The normalized spacial score (nSPS) is 11.9. The van der Waals surface area contributed by atoms with E-state index >= 15 is 0 Å². The van der Waals surface area contributed by atoms with E-state index in [1.165, 1.54) is 0 Å². The van der Waals surface area contributed by atoms with Gasteiger partial charge >= 0.3 is 12.1 Å². The average Bonchev–Trinajstić information content (AvgIpc) is 2.84. The van der Waals surface area contributed by atoms with E-state index in [2.05, 4.69) is 11.4 Å². The molecule has 0 bridgehead atoms. The van der Waals surface area contributed by atoms with Crippen LogP contribution in [0.1, 0.15) is 50.3 Å². The molecule has 7 heteroatoms. The molecule has 0 heterocycles. The van der Waals surface area contributed by atoms with Gasteiger partial charge in [-0.15, -0.1) is 0 Å². The molecule has 36 heavy (non-hydrogen) atoms. The van der Waals surface area contributed by atoms with E-state index in [0.29, 0.717) is 30.9 Å². The van der Waals surface area contributed by atoms with Crippen molar-refractivity contribution < 1.29 is 23.8 Å². The number of nitriles is 1. The predicted molar refractivity (Wildman–Crippen MR) is 138 cm³/mol. The smallest absolute Gasteiger partial charge is 0.407 e. The first-order valence-corrected chi connectivity index (χ1v) is 12.0. The first-order valence-electron chi connectivity index (χ1n) is 12.0. The molecule has 3 rings (SSSR count). The zero-order valence-corrected chi connectivity index (χ0v) is 21.2. The van der Waals surface area contributed by atoms with Gasteiger partial charge in [0.15, 0.2) is 0 Å². The Labute approximate surface area is 212 Å². The Balaban J connectivity index is 1.67. The Morgan fingerprint density at radius 3 is 2.39 bits per heavy atom. The molecule has 0 aliphatic rings. The van der Waals surface area contributed by atoms with E-state index in [1.54, 1.807) is 45.9 Å². The standard InChI is InChI=1S/C29H32N2O5/c1-5-34-27(32)26(18-20-6-8-22-9-7-21(19-30)17-24(22)16-20)23-10-12-25(13-11-23)35-15-14-31-28(33)36-29(2,3)4/h6-13,16-17,26H,5,14-15,18H2,1-4H3,(H,31,33). The second-order valence-corrected chi connectivity index (χ2v) is 9.36. The maximum absolute atomic E-state index is 12.8. The molecule has 0 radical (unpaired) electrons. The topological polar surface area (TPSA) is 97.7 Å². The highest BCUT2D eigenvalue weighted by Gasteiger charge is 2.23. The van der Waals surface area contributed by atoms with Crippen LogP contribution in [0, 0.1) is 11.3 Å². The molecular weight excluding hydrogens is 456 g/mol. The van der Waals surface area contributed by atoms with Crippen LogP contribution in [-0.2, 0) is 20.7 Å². The molecule has 0 saturated heterocycles. The van der Waals surface area contributed by atoms with Crippen LogP contribution in [0.2, 0.25) is 0 Å². The minimum absolute atomic E-state index is 0.279. The lowest BCUT2D eigenvalue weighted by molar-refractivity contribution is -0.144. The number of fused-ring (bicyclic) bond motifs is 1. The van der Waals surface area contributed by atoms with E-state index in [-0.39, 0.29) is 12.6 Å². The van der Waals surface area contributed by atoms with Crippen molar-refractivity contribution in [2.45, 2.75) is 45.6 Å². The molecule has 0 fully saturated rings. The number of nitrogens with one attached hydrogen (secondary N) is 1. The lowest BCUT2D eigenvalue weighted by atomic mass is 9.91. The van der Waals surface area contributed by atoms with Gasteiger partial charge < -0.3 is 19.5 Å². The molecular formula is C29H32N2O5. The van der Waals surface area contributed by atoms with Crippen molar-refractivity contribution >= 4 is 22.8 Å². The quantitative estimate of drug-likeness (QED) is 0.315. The number of amides is 1. The van der Waals surface area contributed by atoms with E-state index in [4.69, 9.17) is 14.2 Å². The lowest BCUT2D eigenvalue weighted by Gasteiger charge is -2.19. The van der Waals surface area contributed by atoms with Crippen molar-refractivity contribution in [1.29, 1.82) is 5.26 Å². The monoisotopic (exact) mass is 488 g/mol. The summed E-state index contributed by atoms with van der Waals surface area (Å²) in [7, 11) is 0. The van der Waals surface area contributed by atoms with Gasteiger partial charge in [0.25, 0.3) is 0 Å². The summed E-state index contributed by atoms with van der Waals surface area (Å²) in [6.45, 7) is 8.08. The summed E-state index contributed by atoms with van der Waals surface area (Å²) >= 11 is 0. The van der Waals surface area contributed by atoms with Crippen LogP contribution in [0.5, 0.6) is 5.75 Å². The van der Waals surface area contributed by atoms with Crippen LogP contribution < -0.4 is 10.1 Å². The first-order chi connectivity index (χ1) is 17.2. The molecule has 1 unspecified atom stereocenters. The fraction of sp³-hybridized carbons (Fsp3) is 0.345. The number of nitrogens with zero attached hydrogens (tertiary/aromatic N) is 1. The van der Waals surface area contributed by atoms with Gasteiger partial charge in [0.2, 0.25) is 0 Å². The molecule has 0 aromatic heterocycles. The SMILES string of the molecule is CCOC(=O)C(Cc1ccc2ccc(C#N)cc2c1)c1ccc(OCCNC(=O)OC(C)(C)C)cc1. The van der Waals surface area contributed by atoms with E-state index in [0.717, 1.165) is 21.9 Å². The Morgan fingerprint density at radius 1 is 1.00 bits per heavy atom. The van der Waals surface area contributed by atoms with Gasteiger partial charge in [-0.1, -0.05) is 36.4 Å². The molecule has 3 aromatic carbocycles. The third kappa shape index (κ3) is 7.74. The number of ether oxygens (including phenoxy) is 3. The van der Waals surface area contributed by atoms with Crippen molar-refractivity contribution in [2.75, 3.05) is 19.8 Å². The molecule has 3 aromatic rings. The van der Waals surface area contributed by atoms with Crippen molar-refractivity contribution in [3.05, 3.63) is 77.4 Å². The highest BCUT2D eigenvalue weighted by atomic mass is 16.6. The molecule has 0 saturated carbocycles. The van der Waals surface area contributed by atoms with Gasteiger partial charge in [0.05, 0.1) is 30.7 Å². The van der Waals surface area contributed by atoms with Crippen LogP contribution in [0.3, 0.4) is 0 Å². The number of benzene rings is 3. The summed E-state index contributed by atoms with van der Waals surface area (Å²) in [6, 6.07) is 21.0. The van der Waals surface area contributed by atoms with Gasteiger partial charge in [-0.25, -0.2) is 4.79 Å². The highest BCUT2D eigenvalue weighted by molar-refractivity contribution is 5.85. The number of alkyl carbamates (subject to hydrolysis) is 1. The Kier molecular flexibility index (Phi) is 8.91. The van der Waals surface area contributed by atoms with Gasteiger partial charge in [-0.2, -0.15) is 5.26 Å². The maximum atomic E-state index is 12.8. The predicted octanol–water partition coefficient (Wildman–Crippen LogP) is 5.50. The molecule has 1 amide bonds. The zero-order valence-electron chi connectivity index (χ0n) is 21.2. The molecule has 188 valence electrons. The number of hydrogen-bond acceptors (Lipinski definition) is 6. The fourth-order valence-corrected chi connectivity index (χ4v) is 3.74. The summed E-state index contributed by atoms with van der Waals surface area (Å²) in [6.07, 6.45) is -0.0257. The second kappa shape index (κ2) is 12.1. The van der Waals surface area contributed by atoms with Gasteiger partial charge in [-0.3, -0.25) is 4.79 Å². The summed E-state index contributed by atoms with van der Waals surface area (Å²) in [4.78, 5) is 24.5. The van der Waals surface area contributed by atoms with Crippen molar-refractivity contribution in [3.8, 4) is 11.8 Å². The number of carbonyl (C=O) groups is 2. The highest BCUT2D eigenvalue weighted by Crippen LogP contribution is 2.27. The summed E-state index contributed by atoms with van der Waals surface area (Å²) < 4.78 is 16.3. The lowest BCUT2D eigenvalue weighted by Crippen LogP contribution is -2.34. The third-order valence-electron chi connectivity index (χ3n) is 5.37. The maximum Gasteiger partial charge on any atom is 0.407 e. The summed E-state index contributed by atoms with van der Waals surface area (Å²) in [5, 5.41) is 13.8. The van der Waals surface area contributed by atoms with Crippen LogP contribution >= 0.6 is 0 Å². The molecule has 7 nitrogen and oxygen atoms in total. The molecule has 0 aliphatic heterocycles. The number of rotatable bonds is 9. The number of carbonyl (C=O) groups excluding carboxylic acids is 2. The Bertz CT molecular complexity index is 1240. The zero-order chi connectivity index (χ0) is 26.1. The Hall–Kier alpha value is -4.05. The van der Waals surface area contributed by atoms with Crippen LogP contribution in [0.15, 0.2) is 60.7 Å². The van der Waals surface area contributed by atoms with E-state index in [9.17, 15) is 14.9 Å². The van der Waals surface area contributed by atoms with E-state index < -0.39 is 17.6 Å². The van der Waals surface area contributed by atoms with Gasteiger partial charge in [0.1, 0.15) is 18.0 Å². The molecule has 0 spiro atoms. The van der Waals surface area contributed by atoms with Crippen molar-refractivity contribution in [2.24, 2.45) is 0 Å². The summed E-state index contributed by atoms with van der Waals surface area (Å²) in [5.41, 5.74) is 1.84. The fourth-order valence-electron chi connectivity index (χ4n) is 3.74. The number of hydrogen-bond donors (Lipinski definition) is 1. The average molecular weight is 489 g/mol. The van der Waals surface area contributed by atoms with Crippen molar-refractivity contribution in [1.82, 2.24) is 5.32 Å². The molecule has 1 N–H and O–H groups in total. The van der Waals surface area contributed by atoms with Gasteiger partial charge in [0, 0.05) is 0 Å². The van der Waals surface area contributed by atoms with E-state index in [1.807, 2.05) is 42.5 Å². The minimum atomic E-state index is -0.553. The summed E-state index contributed by atoms with van der Waals surface area (Å²) in [5.74, 6) is -0.148. The third-order valence-corrected chi connectivity index (χ3v) is 5.37. The van der Waals surface area contributed by atoms with Crippen LogP contribution in [0.25, 0.3) is 10.8 Å². The first kappa shape index (κ1) is 26.6. The molecule has 1 atom stereocenters. The minimum Gasteiger partial charge on any atom is -0.492 e. The second-order valence-electron chi connectivity index (χ2n) is 9.36. The Morgan fingerprint density at radius 2 is 1.72 bits per heavy atom. The molecule has 0 aliphatic carbocycles. The largest absolute Gasteiger partial charge is 0.492 e. The van der Waals surface area contributed by atoms with Crippen molar-refractivity contribution in [3.63, 3.8) is 0 Å². The van der Waals surface area contributed by atoms with Crippen LogP contribution in [0.4, 0.5) is 4.79 Å². The number of esters is 1. The van der Waals surface area contributed by atoms with Crippen LogP contribution in [-0.4, -0.2) is 37.4 Å².